The van der Waals surface area contributed by atoms with Crippen molar-refractivity contribution in [2.75, 3.05) is 0 Å². The fourth-order valence-electron chi connectivity index (χ4n) is 2.57. The van der Waals surface area contributed by atoms with Crippen LogP contribution in [0.1, 0.15) is 41.6 Å². The van der Waals surface area contributed by atoms with Gasteiger partial charge in [0.15, 0.2) is 0 Å². The molecule has 0 saturated carbocycles. The molecule has 0 aliphatic rings. The normalized spacial score (nSPS) is 11.8. The number of benzene rings is 1. The number of fused-ring (bicyclic) bond motifs is 1. The number of pyridine rings is 1. The Kier molecular flexibility index (Phi) is 3.72. The number of carboxylic acids is 1. The minimum atomic E-state index is -0.919. The molecule has 3 aromatic rings. The van der Waals surface area contributed by atoms with Crippen molar-refractivity contribution in [3.05, 3.63) is 52.4 Å². The van der Waals surface area contributed by atoms with Gasteiger partial charge in [0.1, 0.15) is 0 Å². The fourth-order valence-corrected chi connectivity index (χ4v) is 3.40. The van der Waals surface area contributed by atoms with Gasteiger partial charge in [-0.1, -0.05) is 26.8 Å². The number of aromatic nitrogens is 1. The van der Waals surface area contributed by atoms with E-state index in [1.54, 1.807) is 17.4 Å². The molecule has 0 unspecified atom stereocenters. The van der Waals surface area contributed by atoms with Crippen LogP contribution in [0, 0.1) is 6.92 Å². The van der Waals surface area contributed by atoms with Crippen molar-refractivity contribution >= 4 is 28.2 Å². The lowest BCUT2D eigenvalue weighted by molar-refractivity contribution is 0.0699. The molecule has 0 spiro atoms. The van der Waals surface area contributed by atoms with Crippen LogP contribution in [0.5, 0.6) is 0 Å². The third-order valence-electron chi connectivity index (χ3n) is 3.90. The quantitative estimate of drug-likeness (QED) is 0.698. The zero-order valence-corrected chi connectivity index (χ0v) is 14.5. The van der Waals surface area contributed by atoms with Gasteiger partial charge < -0.3 is 5.11 Å². The van der Waals surface area contributed by atoms with Crippen molar-refractivity contribution in [1.82, 2.24) is 4.98 Å². The van der Waals surface area contributed by atoms with E-state index in [1.807, 2.05) is 37.3 Å². The lowest BCUT2D eigenvalue weighted by Crippen LogP contribution is -2.11. The molecule has 23 heavy (non-hydrogen) atoms. The number of carboxylic acid groups (broad SMARTS) is 1. The first kappa shape index (κ1) is 15.7. The summed E-state index contributed by atoms with van der Waals surface area (Å²) in [6.45, 7) is 8.38. The van der Waals surface area contributed by atoms with Gasteiger partial charge in [0, 0.05) is 10.3 Å². The number of aromatic carboxylic acids is 1. The smallest absolute Gasteiger partial charge is 0.336 e. The molecule has 0 aliphatic carbocycles. The maximum Gasteiger partial charge on any atom is 0.336 e. The number of rotatable bonds is 2. The molecule has 4 heteroatoms. The number of nitrogens with zero attached hydrogens (tertiary/aromatic N) is 1. The zero-order chi connectivity index (χ0) is 16.8. The van der Waals surface area contributed by atoms with Gasteiger partial charge >= 0.3 is 5.97 Å². The molecule has 0 radical (unpaired) electrons. The lowest BCUT2D eigenvalue weighted by Gasteiger charge is -2.19. The first-order valence-electron chi connectivity index (χ1n) is 7.51. The van der Waals surface area contributed by atoms with Crippen LogP contribution in [0.15, 0.2) is 36.4 Å². The number of aryl methyl sites for hydroxylation is 1. The van der Waals surface area contributed by atoms with Gasteiger partial charge in [0.25, 0.3) is 0 Å². The average Bonchev–Trinajstić information content (AvgIpc) is 2.91. The number of hydrogen-bond donors (Lipinski definition) is 1. The Balaban J connectivity index is 2.27. The van der Waals surface area contributed by atoms with E-state index in [1.165, 1.54) is 4.88 Å². The van der Waals surface area contributed by atoms with E-state index in [2.05, 4.69) is 25.8 Å². The summed E-state index contributed by atoms with van der Waals surface area (Å²) >= 11 is 1.62. The Labute approximate surface area is 139 Å². The summed E-state index contributed by atoms with van der Waals surface area (Å²) in [5.41, 5.74) is 2.82. The van der Waals surface area contributed by atoms with Gasteiger partial charge in [-0.15, -0.1) is 11.3 Å². The third kappa shape index (κ3) is 2.99. The second-order valence-electron chi connectivity index (χ2n) is 6.75. The van der Waals surface area contributed by atoms with E-state index in [0.29, 0.717) is 10.9 Å². The summed E-state index contributed by atoms with van der Waals surface area (Å²) in [6, 6.07) is 11.6. The topological polar surface area (TPSA) is 50.2 Å². The molecule has 3 rings (SSSR count). The van der Waals surface area contributed by atoms with Crippen LogP contribution < -0.4 is 0 Å². The molecule has 2 heterocycles. The van der Waals surface area contributed by atoms with Crippen LogP contribution in [0.4, 0.5) is 0 Å². The molecule has 118 valence electrons. The number of carbonyl (C=O) groups is 1. The van der Waals surface area contributed by atoms with Crippen LogP contribution in [0.2, 0.25) is 0 Å². The SMILES string of the molecule is Cc1ccc(-c2cc(C(=O)O)c3cc(C(C)(C)C)ccc3n2)s1. The summed E-state index contributed by atoms with van der Waals surface area (Å²) in [7, 11) is 0. The highest BCUT2D eigenvalue weighted by atomic mass is 32.1. The Morgan fingerprint density at radius 3 is 2.43 bits per heavy atom. The molecule has 3 nitrogen and oxygen atoms in total. The highest BCUT2D eigenvalue weighted by molar-refractivity contribution is 7.15. The molecular weight excluding hydrogens is 306 g/mol. The highest BCUT2D eigenvalue weighted by Gasteiger charge is 2.18. The van der Waals surface area contributed by atoms with Crippen molar-refractivity contribution in [3.8, 4) is 10.6 Å². The fraction of sp³-hybridized carbons (Fsp3) is 0.263. The lowest BCUT2D eigenvalue weighted by atomic mass is 9.86. The van der Waals surface area contributed by atoms with Crippen molar-refractivity contribution in [1.29, 1.82) is 0 Å². The third-order valence-corrected chi connectivity index (χ3v) is 4.92. The van der Waals surface area contributed by atoms with Crippen molar-refractivity contribution in [3.63, 3.8) is 0 Å². The second kappa shape index (κ2) is 5.46. The molecular formula is C19H19NO2S. The van der Waals surface area contributed by atoms with E-state index in [-0.39, 0.29) is 5.41 Å². The van der Waals surface area contributed by atoms with Gasteiger partial charge in [-0.05, 0) is 48.2 Å². The summed E-state index contributed by atoms with van der Waals surface area (Å²) in [5.74, 6) is -0.919. The van der Waals surface area contributed by atoms with Crippen LogP contribution in [-0.4, -0.2) is 16.1 Å². The summed E-state index contributed by atoms with van der Waals surface area (Å²) in [5, 5.41) is 10.3. The Morgan fingerprint density at radius 1 is 1.13 bits per heavy atom. The largest absolute Gasteiger partial charge is 0.478 e. The zero-order valence-electron chi connectivity index (χ0n) is 13.7. The van der Waals surface area contributed by atoms with E-state index in [9.17, 15) is 9.90 Å². The average molecular weight is 325 g/mol. The van der Waals surface area contributed by atoms with Gasteiger partial charge in [-0.2, -0.15) is 0 Å². The van der Waals surface area contributed by atoms with Gasteiger partial charge in [-0.25, -0.2) is 9.78 Å². The summed E-state index contributed by atoms with van der Waals surface area (Å²) in [6.07, 6.45) is 0. The molecule has 0 saturated heterocycles. The molecule has 2 aromatic heterocycles. The van der Waals surface area contributed by atoms with E-state index in [0.717, 1.165) is 21.7 Å². The van der Waals surface area contributed by atoms with E-state index < -0.39 is 5.97 Å². The minimum absolute atomic E-state index is 0.0342. The van der Waals surface area contributed by atoms with Crippen LogP contribution in [-0.2, 0) is 5.41 Å². The first-order chi connectivity index (χ1) is 10.8. The van der Waals surface area contributed by atoms with E-state index >= 15 is 0 Å². The van der Waals surface area contributed by atoms with Crippen LogP contribution in [0.3, 0.4) is 0 Å². The summed E-state index contributed by atoms with van der Waals surface area (Å²) < 4.78 is 0. The molecule has 1 N–H and O–H groups in total. The molecule has 0 aliphatic heterocycles. The summed E-state index contributed by atoms with van der Waals surface area (Å²) in [4.78, 5) is 18.6. The minimum Gasteiger partial charge on any atom is -0.478 e. The predicted octanol–water partition coefficient (Wildman–Crippen LogP) is 5.27. The predicted molar refractivity (Wildman–Crippen MR) is 95.5 cm³/mol. The molecule has 0 atom stereocenters. The van der Waals surface area contributed by atoms with Gasteiger partial charge in [0.2, 0.25) is 0 Å². The Hall–Kier alpha value is -2.20. The van der Waals surface area contributed by atoms with Crippen molar-refractivity contribution in [2.45, 2.75) is 33.1 Å². The van der Waals surface area contributed by atoms with Gasteiger partial charge in [-0.3, -0.25) is 0 Å². The second-order valence-corrected chi connectivity index (χ2v) is 8.04. The Morgan fingerprint density at radius 2 is 1.87 bits per heavy atom. The highest BCUT2D eigenvalue weighted by Crippen LogP contribution is 2.32. The van der Waals surface area contributed by atoms with Gasteiger partial charge in [0.05, 0.1) is 21.7 Å². The van der Waals surface area contributed by atoms with Crippen molar-refractivity contribution in [2.24, 2.45) is 0 Å². The maximum atomic E-state index is 11.7. The van der Waals surface area contributed by atoms with Crippen LogP contribution in [0.25, 0.3) is 21.5 Å². The molecule has 0 fully saturated rings. The number of hydrogen-bond acceptors (Lipinski definition) is 3. The molecule has 1 aromatic carbocycles. The molecule has 0 bridgehead atoms. The Bertz CT molecular complexity index is 903. The van der Waals surface area contributed by atoms with Crippen molar-refractivity contribution < 1.29 is 9.90 Å². The van der Waals surface area contributed by atoms with E-state index in [4.69, 9.17) is 0 Å². The monoisotopic (exact) mass is 325 g/mol. The first-order valence-corrected chi connectivity index (χ1v) is 8.33. The van der Waals surface area contributed by atoms with Crippen LogP contribution >= 0.6 is 11.3 Å². The maximum absolute atomic E-state index is 11.7. The number of thiophene rings is 1. The molecule has 0 amide bonds. The standard InChI is InChI=1S/C19H19NO2S/c1-11-5-8-17(23-11)16-10-14(18(21)22)13-9-12(19(2,3)4)6-7-15(13)20-16/h5-10H,1-4H3,(H,21,22).